The Morgan fingerprint density at radius 3 is 2.08 bits per heavy atom. The Morgan fingerprint density at radius 1 is 0.897 bits per heavy atom. The van der Waals surface area contributed by atoms with Crippen LogP contribution in [-0.4, -0.2) is 43.8 Å². The number of nitrogens with one attached hydrogen (secondary N) is 1. The van der Waals surface area contributed by atoms with E-state index in [1.165, 1.54) is 17.0 Å². The van der Waals surface area contributed by atoms with E-state index >= 15 is 0 Å². The van der Waals surface area contributed by atoms with Gasteiger partial charge in [-0.2, -0.15) is 0 Å². The zero-order chi connectivity index (χ0) is 28.7. The standard InChI is InChI=1S/C29H33Cl2N3O4S/c1-5-21(3)32-29(36)22(4)33(18-23-10-6-7-11-25(23)30)28(35)19-34(27-13-9-8-12-26(27)31)39(37,38)24-16-14-20(2)15-17-24/h6-17,21-22H,5,18-19H2,1-4H3,(H,32,36)/t21-,22-/m1/s1. The highest BCUT2D eigenvalue weighted by Crippen LogP contribution is 2.31. The van der Waals surface area contributed by atoms with Crippen molar-refractivity contribution in [3.05, 3.63) is 94.0 Å². The number of aryl methyl sites for hydroxylation is 1. The Morgan fingerprint density at radius 2 is 1.49 bits per heavy atom. The molecular weight excluding hydrogens is 557 g/mol. The summed E-state index contributed by atoms with van der Waals surface area (Å²) in [5, 5.41) is 3.50. The summed E-state index contributed by atoms with van der Waals surface area (Å²) >= 11 is 12.8. The molecule has 1 N–H and O–H groups in total. The molecule has 0 aliphatic carbocycles. The molecule has 2 amide bonds. The monoisotopic (exact) mass is 589 g/mol. The van der Waals surface area contributed by atoms with Crippen molar-refractivity contribution >= 4 is 50.7 Å². The Balaban J connectivity index is 2.05. The number of benzene rings is 3. The van der Waals surface area contributed by atoms with Gasteiger partial charge in [0.25, 0.3) is 10.0 Å². The van der Waals surface area contributed by atoms with E-state index < -0.39 is 28.5 Å². The molecule has 0 bridgehead atoms. The lowest BCUT2D eigenvalue weighted by molar-refractivity contribution is -0.139. The number of carbonyl (C=O) groups is 2. The summed E-state index contributed by atoms with van der Waals surface area (Å²) in [6.45, 7) is 6.71. The number of anilines is 1. The maximum atomic E-state index is 13.9. The average Bonchev–Trinajstić information content (AvgIpc) is 2.91. The van der Waals surface area contributed by atoms with E-state index in [0.29, 0.717) is 17.0 Å². The van der Waals surface area contributed by atoms with E-state index in [1.807, 2.05) is 20.8 Å². The minimum absolute atomic E-state index is 0.00847. The fourth-order valence-electron chi connectivity index (χ4n) is 3.86. The second-order valence-electron chi connectivity index (χ2n) is 9.38. The van der Waals surface area contributed by atoms with Crippen molar-refractivity contribution in [1.29, 1.82) is 0 Å². The van der Waals surface area contributed by atoms with Crippen LogP contribution in [0.5, 0.6) is 0 Å². The molecule has 0 fully saturated rings. The zero-order valence-corrected chi connectivity index (χ0v) is 24.7. The molecule has 0 saturated heterocycles. The van der Waals surface area contributed by atoms with Gasteiger partial charge in [0.15, 0.2) is 0 Å². The molecule has 0 aromatic heterocycles. The van der Waals surface area contributed by atoms with Gasteiger partial charge in [-0.15, -0.1) is 0 Å². The van der Waals surface area contributed by atoms with Crippen LogP contribution in [-0.2, 0) is 26.2 Å². The van der Waals surface area contributed by atoms with Gasteiger partial charge >= 0.3 is 0 Å². The van der Waals surface area contributed by atoms with Gasteiger partial charge in [0.2, 0.25) is 11.8 Å². The van der Waals surface area contributed by atoms with Crippen LogP contribution in [0.1, 0.15) is 38.3 Å². The van der Waals surface area contributed by atoms with E-state index in [-0.39, 0.29) is 34.1 Å². The molecule has 0 aliphatic rings. The first-order chi connectivity index (χ1) is 18.4. The Labute approximate surface area is 240 Å². The summed E-state index contributed by atoms with van der Waals surface area (Å²) < 4.78 is 28.7. The molecule has 10 heteroatoms. The highest BCUT2D eigenvalue weighted by atomic mass is 35.5. The molecule has 0 heterocycles. The van der Waals surface area contributed by atoms with Crippen LogP contribution in [0.2, 0.25) is 10.0 Å². The van der Waals surface area contributed by atoms with Crippen LogP contribution < -0.4 is 9.62 Å². The number of nitrogens with zero attached hydrogens (tertiary/aromatic N) is 2. The molecule has 3 rings (SSSR count). The first-order valence-corrected chi connectivity index (χ1v) is 14.8. The highest BCUT2D eigenvalue weighted by Gasteiger charge is 2.33. The van der Waals surface area contributed by atoms with Crippen molar-refractivity contribution in [2.24, 2.45) is 0 Å². The van der Waals surface area contributed by atoms with Crippen molar-refractivity contribution in [3.8, 4) is 0 Å². The maximum absolute atomic E-state index is 13.9. The second kappa shape index (κ2) is 13.3. The Bertz CT molecular complexity index is 1410. The number of halogens is 2. The van der Waals surface area contributed by atoms with Gasteiger partial charge in [0.1, 0.15) is 12.6 Å². The van der Waals surface area contributed by atoms with Crippen LogP contribution in [0.25, 0.3) is 0 Å². The van der Waals surface area contributed by atoms with Crippen molar-refractivity contribution in [2.75, 3.05) is 10.8 Å². The van der Waals surface area contributed by atoms with Crippen molar-refractivity contribution in [1.82, 2.24) is 10.2 Å². The minimum Gasteiger partial charge on any atom is -0.352 e. The third-order valence-corrected chi connectivity index (χ3v) is 8.94. The SMILES string of the molecule is CC[C@@H](C)NC(=O)[C@@H](C)N(Cc1ccccc1Cl)C(=O)CN(c1ccccc1Cl)S(=O)(=O)c1ccc(C)cc1. The molecule has 3 aromatic rings. The number of hydrogen-bond donors (Lipinski definition) is 1. The number of para-hydroxylation sites is 1. The summed E-state index contributed by atoms with van der Waals surface area (Å²) in [6, 6.07) is 18.8. The smallest absolute Gasteiger partial charge is 0.264 e. The van der Waals surface area contributed by atoms with Gasteiger partial charge in [-0.1, -0.05) is 78.2 Å². The van der Waals surface area contributed by atoms with Crippen molar-refractivity contribution in [2.45, 2.75) is 57.6 Å². The quantitative estimate of drug-likeness (QED) is 0.305. The van der Waals surface area contributed by atoms with Crippen LogP contribution in [0.3, 0.4) is 0 Å². The summed E-state index contributed by atoms with van der Waals surface area (Å²) in [5.41, 5.74) is 1.67. The van der Waals surface area contributed by atoms with E-state index in [9.17, 15) is 18.0 Å². The lowest BCUT2D eigenvalue weighted by Gasteiger charge is -2.32. The number of amides is 2. The molecule has 2 atom stereocenters. The topological polar surface area (TPSA) is 86.8 Å². The molecular formula is C29H33Cl2N3O4S. The van der Waals surface area contributed by atoms with Crippen LogP contribution in [0, 0.1) is 6.92 Å². The average molecular weight is 591 g/mol. The Kier molecular flexibility index (Phi) is 10.4. The predicted octanol–water partition coefficient (Wildman–Crippen LogP) is 5.83. The molecule has 208 valence electrons. The number of rotatable bonds is 11. The fraction of sp³-hybridized carbons (Fsp3) is 0.310. The molecule has 0 unspecified atom stereocenters. The predicted molar refractivity (Wildman–Crippen MR) is 157 cm³/mol. The van der Waals surface area contributed by atoms with Crippen molar-refractivity contribution in [3.63, 3.8) is 0 Å². The zero-order valence-electron chi connectivity index (χ0n) is 22.4. The van der Waals surface area contributed by atoms with Gasteiger partial charge in [-0.3, -0.25) is 13.9 Å². The van der Waals surface area contributed by atoms with E-state index in [1.54, 1.807) is 67.6 Å². The molecule has 3 aromatic carbocycles. The third-order valence-electron chi connectivity index (χ3n) is 6.48. The second-order valence-corrected chi connectivity index (χ2v) is 12.1. The normalized spacial score (nSPS) is 12.9. The molecule has 39 heavy (non-hydrogen) atoms. The lowest BCUT2D eigenvalue weighted by atomic mass is 10.1. The van der Waals surface area contributed by atoms with Crippen LogP contribution >= 0.6 is 23.2 Å². The number of hydrogen-bond acceptors (Lipinski definition) is 4. The van der Waals surface area contributed by atoms with Gasteiger partial charge in [0.05, 0.1) is 15.6 Å². The van der Waals surface area contributed by atoms with Gasteiger partial charge in [-0.05, 0) is 63.1 Å². The first kappa shape index (κ1) is 30.5. The molecule has 0 spiro atoms. The Hall–Kier alpha value is -3.07. The summed E-state index contributed by atoms with van der Waals surface area (Å²) in [7, 11) is -4.20. The minimum atomic E-state index is -4.20. The van der Waals surface area contributed by atoms with Crippen LogP contribution in [0.4, 0.5) is 5.69 Å². The maximum Gasteiger partial charge on any atom is 0.264 e. The largest absolute Gasteiger partial charge is 0.352 e. The molecule has 0 radical (unpaired) electrons. The van der Waals surface area contributed by atoms with E-state index in [2.05, 4.69) is 5.32 Å². The van der Waals surface area contributed by atoms with E-state index in [4.69, 9.17) is 23.2 Å². The van der Waals surface area contributed by atoms with Crippen LogP contribution in [0.15, 0.2) is 77.7 Å². The summed E-state index contributed by atoms with van der Waals surface area (Å²) in [4.78, 5) is 28.4. The van der Waals surface area contributed by atoms with Crippen molar-refractivity contribution < 1.29 is 18.0 Å². The first-order valence-electron chi connectivity index (χ1n) is 12.6. The summed E-state index contributed by atoms with van der Waals surface area (Å²) in [6.07, 6.45) is 0.714. The highest BCUT2D eigenvalue weighted by molar-refractivity contribution is 7.92. The third kappa shape index (κ3) is 7.53. The molecule has 0 aliphatic heterocycles. The van der Waals surface area contributed by atoms with Gasteiger partial charge in [-0.25, -0.2) is 8.42 Å². The van der Waals surface area contributed by atoms with E-state index in [0.717, 1.165) is 9.87 Å². The lowest BCUT2D eigenvalue weighted by Crippen LogP contribution is -2.52. The van der Waals surface area contributed by atoms with Gasteiger partial charge in [0, 0.05) is 17.6 Å². The molecule has 0 saturated carbocycles. The van der Waals surface area contributed by atoms with Gasteiger partial charge < -0.3 is 10.2 Å². The number of sulfonamides is 1. The molecule has 7 nitrogen and oxygen atoms in total. The number of carbonyl (C=O) groups excluding carboxylic acids is 2. The summed E-state index contributed by atoms with van der Waals surface area (Å²) in [5.74, 6) is -0.937. The fourth-order valence-corrected chi connectivity index (χ4v) is 5.78.